The maximum absolute atomic E-state index is 13.3. The molecule has 0 bridgehead atoms. The van der Waals surface area contributed by atoms with Crippen molar-refractivity contribution in [2.24, 2.45) is 7.05 Å². The number of nitrogens with zero attached hydrogens (tertiary/aromatic N) is 2. The summed E-state index contributed by atoms with van der Waals surface area (Å²) in [4.78, 5) is 15.7. The molecule has 3 aliphatic heterocycles. The predicted molar refractivity (Wildman–Crippen MR) is 124 cm³/mol. The first-order valence-electron chi connectivity index (χ1n) is 11.4. The van der Waals surface area contributed by atoms with E-state index in [2.05, 4.69) is 48.3 Å². The largest absolute Gasteiger partial charge is 0.455 e. The summed E-state index contributed by atoms with van der Waals surface area (Å²) >= 11 is 0. The van der Waals surface area contributed by atoms with Crippen LogP contribution < -0.4 is 31.0 Å². The smallest absolute Gasteiger partial charge is 0.261 e. The number of aryl methyl sites for hydroxylation is 2. The van der Waals surface area contributed by atoms with Gasteiger partial charge in [-0.3, -0.25) is 4.79 Å². The molecule has 0 amide bonds. The molecule has 0 spiro atoms. The summed E-state index contributed by atoms with van der Waals surface area (Å²) in [6.07, 6.45) is 5.31. The van der Waals surface area contributed by atoms with E-state index in [-0.39, 0.29) is 5.56 Å². The molecule has 0 unspecified atom stereocenters. The van der Waals surface area contributed by atoms with E-state index in [9.17, 15) is 4.79 Å². The molecule has 2 N–H and O–H groups in total. The molecule has 0 fully saturated rings. The molecule has 0 saturated heterocycles. The number of rotatable bonds is 1. The van der Waals surface area contributed by atoms with Crippen molar-refractivity contribution in [1.29, 1.82) is 0 Å². The van der Waals surface area contributed by atoms with Gasteiger partial charge in [0.1, 0.15) is 17.2 Å². The van der Waals surface area contributed by atoms with Crippen LogP contribution in [0.1, 0.15) is 37.0 Å². The lowest BCUT2D eigenvalue weighted by Crippen LogP contribution is -2.84. The van der Waals surface area contributed by atoms with Crippen molar-refractivity contribution < 1.29 is 10.1 Å². The molecule has 5 heteroatoms. The Balaban J connectivity index is 1.65. The Labute approximate surface area is 181 Å². The number of ether oxygens (including phenoxy) is 1. The average molecular weight is 415 g/mol. The van der Waals surface area contributed by atoms with Crippen LogP contribution in [0.2, 0.25) is 0 Å². The van der Waals surface area contributed by atoms with Crippen LogP contribution in [-0.2, 0) is 19.9 Å². The van der Waals surface area contributed by atoms with Gasteiger partial charge in [-0.2, -0.15) is 0 Å². The first-order valence-corrected chi connectivity index (χ1v) is 11.4. The third-order valence-electron chi connectivity index (χ3n) is 7.22. The third kappa shape index (κ3) is 2.69. The summed E-state index contributed by atoms with van der Waals surface area (Å²) in [5, 5.41) is 5.22. The predicted octanol–water partition coefficient (Wildman–Crippen LogP) is 1.49. The van der Waals surface area contributed by atoms with Crippen LogP contribution in [0.5, 0.6) is 11.5 Å². The van der Waals surface area contributed by atoms with Crippen molar-refractivity contribution in [3.63, 3.8) is 0 Å². The molecule has 1 aromatic heterocycles. The van der Waals surface area contributed by atoms with Crippen molar-refractivity contribution in [3.8, 4) is 11.5 Å². The van der Waals surface area contributed by atoms with E-state index in [1.165, 1.54) is 34.2 Å². The molecular formula is C26H28N3O2+. The number of benzene rings is 2. The molecule has 0 atom stereocenters. The maximum Gasteiger partial charge on any atom is 0.261 e. The maximum atomic E-state index is 13.3. The minimum atomic E-state index is -0.00144. The quantitative estimate of drug-likeness (QED) is 0.514. The van der Waals surface area contributed by atoms with E-state index in [1.54, 1.807) is 4.57 Å². The molecule has 6 rings (SSSR count). The SMILES string of the molecule is CCN1CCCc2cc3c(cc21)Oc1c(c(=O)n(C)c2cc4c(cc12)CC[NH2+]C=4C)=C3. The van der Waals surface area contributed by atoms with Gasteiger partial charge in [-0.25, -0.2) is 0 Å². The molecule has 3 aliphatic rings. The van der Waals surface area contributed by atoms with E-state index in [1.807, 2.05) is 13.1 Å². The van der Waals surface area contributed by atoms with Crippen molar-refractivity contribution in [1.82, 2.24) is 4.57 Å². The number of hydrogen-bond acceptors (Lipinski definition) is 3. The zero-order valence-corrected chi connectivity index (χ0v) is 18.4. The number of anilines is 1. The highest BCUT2D eigenvalue weighted by atomic mass is 16.5. The van der Waals surface area contributed by atoms with Gasteiger partial charge in [0.05, 0.1) is 17.3 Å². The van der Waals surface area contributed by atoms with Gasteiger partial charge in [0.2, 0.25) is 0 Å². The first kappa shape index (κ1) is 18.7. The fourth-order valence-electron chi connectivity index (χ4n) is 5.49. The van der Waals surface area contributed by atoms with E-state index in [0.29, 0.717) is 11.0 Å². The first-order chi connectivity index (χ1) is 15.0. The van der Waals surface area contributed by atoms with Gasteiger partial charge >= 0.3 is 0 Å². The number of hydrogen-bond donors (Lipinski definition) is 1. The van der Waals surface area contributed by atoms with Gasteiger partial charge < -0.3 is 19.5 Å². The average Bonchev–Trinajstić information content (AvgIpc) is 2.79. The number of aromatic nitrogens is 1. The van der Waals surface area contributed by atoms with Gasteiger partial charge in [0.15, 0.2) is 0 Å². The molecule has 0 saturated carbocycles. The Morgan fingerprint density at radius 3 is 2.84 bits per heavy atom. The number of fused-ring (bicyclic) bond motifs is 6. The number of pyridine rings is 1. The lowest BCUT2D eigenvalue weighted by Gasteiger charge is -2.31. The zero-order chi connectivity index (χ0) is 21.3. The van der Waals surface area contributed by atoms with Crippen molar-refractivity contribution in [3.05, 3.63) is 61.7 Å². The van der Waals surface area contributed by atoms with Crippen LogP contribution in [0.4, 0.5) is 5.69 Å². The van der Waals surface area contributed by atoms with Gasteiger partial charge in [-0.15, -0.1) is 0 Å². The number of nitrogens with two attached hydrogens (primary N) is 1. The minimum absolute atomic E-state index is 0.00144. The lowest BCUT2D eigenvalue weighted by atomic mass is 9.96. The van der Waals surface area contributed by atoms with Crippen LogP contribution in [-0.4, -0.2) is 24.2 Å². The highest BCUT2D eigenvalue weighted by Gasteiger charge is 2.24. The Kier molecular flexibility index (Phi) is 4.06. The Bertz CT molecular complexity index is 1450. The van der Waals surface area contributed by atoms with Crippen LogP contribution in [0.3, 0.4) is 0 Å². The van der Waals surface area contributed by atoms with E-state index in [4.69, 9.17) is 4.74 Å². The summed E-state index contributed by atoms with van der Waals surface area (Å²) in [6.45, 7) is 7.50. The highest BCUT2D eigenvalue weighted by Crippen LogP contribution is 2.38. The molecule has 2 aromatic carbocycles. The van der Waals surface area contributed by atoms with Crippen LogP contribution in [0, 0.1) is 0 Å². The summed E-state index contributed by atoms with van der Waals surface area (Å²) in [5.74, 6) is 1.56. The molecule has 0 radical (unpaired) electrons. The van der Waals surface area contributed by atoms with Crippen molar-refractivity contribution >= 4 is 28.4 Å². The summed E-state index contributed by atoms with van der Waals surface area (Å²) in [6, 6.07) is 8.82. The fraction of sp³-hybridized carbons (Fsp3) is 0.346. The number of quaternary nitrogens is 1. The van der Waals surface area contributed by atoms with E-state index in [0.717, 1.165) is 54.7 Å². The highest BCUT2D eigenvalue weighted by molar-refractivity contribution is 5.89. The molecular weight excluding hydrogens is 386 g/mol. The molecule has 0 aliphatic carbocycles. The zero-order valence-electron chi connectivity index (χ0n) is 18.4. The monoisotopic (exact) mass is 414 g/mol. The van der Waals surface area contributed by atoms with Crippen LogP contribution in [0.15, 0.2) is 29.1 Å². The summed E-state index contributed by atoms with van der Waals surface area (Å²) in [7, 11) is 1.87. The molecule has 158 valence electrons. The molecule has 5 nitrogen and oxygen atoms in total. The molecule has 31 heavy (non-hydrogen) atoms. The molecule has 3 aromatic rings. The fourth-order valence-corrected chi connectivity index (χ4v) is 5.49. The second-order valence-electron chi connectivity index (χ2n) is 9.01. The second kappa shape index (κ2) is 6.72. The van der Waals surface area contributed by atoms with E-state index >= 15 is 0 Å². The Hall–Kier alpha value is -3.05. The third-order valence-corrected chi connectivity index (χ3v) is 7.22. The van der Waals surface area contributed by atoms with Gasteiger partial charge in [-0.1, -0.05) is 0 Å². The van der Waals surface area contributed by atoms with Crippen LogP contribution >= 0.6 is 0 Å². The normalized spacial score (nSPS) is 16.7. The van der Waals surface area contributed by atoms with Gasteiger partial charge in [0.25, 0.3) is 5.56 Å². The Morgan fingerprint density at radius 1 is 1.13 bits per heavy atom. The van der Waals surface area contributed by atoms with Gasteiger partial charge in [-0.05, 0) is 55.2 Å². The summed E-state index contributed by atoms with van der Waals surface area (Å²) in [5.41, 5.74) is 7.19. The standard InChI is InChI=1S/C26H27N3O2/c1-4-29-9-5-6-17-10-18-12-21-25(31-24(18)14-22(17)29)20-11-16-7-8-27-15(2)19(16)13-23(20)28(3)26(21)30/h10-14,27H,4-9H2,1-3H3/p+1. The van der Waals surface area contributed by atoms with Crippen LogP contribution in [0.25, 0.3) is 22.7 Å². The van der Waals surface area contributed by atoms with Crippen molar-refractivity contribution in [2.45, 2.75) is 33.1 Å². The van der Waals surface area contributed by atoms with E-state index < -0.39 is 0 Å². The van der Waals surface area contributed by atoms with Crippen molar-refractivity contribution in [2.75, 3.05) is 24.5 Å². The molecule has 4 heterocycles. The minimum Gasteiger partial charge on any atom is -0.455 e. The Morgan fingerprint density at radius 2 is 2.00 bits per heavy atom. The van der Waals surface area contributed by atoms with Gasteiger partial charge in [0, 0.05) is 61.4 Å². The topological polar surface area (TPSA) is 51.1 Å². The second-order valence-corrected chi connectivity index (χ2v) is 9.01. The lowest BCUT2D eigenvalue weighted by molar-refractivity contribution is -0.567. The summed E-state index contributed by atoms with van der Waals surface area (Å²) < 4.78 is 8.29.